The molecule has 1 heterocycles. The first-order valence-electron chi connectivity index (χ1n) is 8.54. The highest BCUT2D eigenvalue weighted by Crippen LogP contribution is 2.18. The number of rotatable bonds is 8. The Kier molecular flexibility index (Phi) is 6.98. The van der Waals surface area contributed by atoms with Gasteiger partial charge < -0.3 is 9.64 Å². The molecule has 7 heteroatoms. The summed E-state index contributed by atoms with van der Waals surface area (Å²) in [6.07, 6.45) is 0.513. The maximum absolute atomic E-state index is 12.8. The SMILES string of the molecule is COCCN(C(=O)CN(C)Cc1ccccc1C)C1CCS(=O)(=O)C1. The Balaban J connectivity index is 1.99. The second-order valence-corrected chi connectivity index (χ2v) is 8.96. The van der Waals surface area contributed by atoms with Gasteiger partial charge in [-0.1, -0.05) is 24.3 Å². The molecule has 6 nitrogen and oxygen atoms in total. The van der Waals surface area contributed by atoms with Gasteiger partial charge in [0.2, 0.25) is 5.91 Å². The molecule has 1 amide bonds. The minimum atomic E-state index is -3.03. The van der Waals surface area contributed by atoms with Crippen LogP contribution in [0.1, 0.15) is 17.5 Å². The minimum Gasteiger partial charge on any atom is -0.383 e. The molecule has 2 rings (SSSR count). The zero-order chi connectivity index (χ0) is 18.4. The van der Waals surface area contributed by atoms with Gasteiger partial charge in [-0.2, -0.15) is 0 Å². The third-order valence-corrected chi connectivity index (χ3v) is 6.36. The number of nitrogens with zero attached hydrogens (tertiary/aromatic N) is 2. The van der Waals surface area contributed by atoms with Gasteiger partial charge in [-0.25, -0.2) is 8.42 Å². The molecule has 1 unspecified atom stereocenters. The number of hydrogen-bond donors (Lipinski definition) is 0. The fourth-order valence-electron chi connectivity index (χ4n) is 3.18. The van der Waals surface area contributed by atoms with Crippen molar-refractivity contribution < 1.29 is 17.9 Å². The van der Waals surface area contributed by atoms with E-state index in [4.69, 9.17) is 4.74 Å². The number of methoxy groups -OCH3 is 1. The van der Waals surface area contributed by atoms with Gasteiger partial charge in [-0.15, -0.1) is 0 Å². The highest BCUT2D eigenvalue weighted by atomic mass is 32.2. The third kappa shape index (κ3) is 5.80. The molecule has 1 aromatic rings. The van der Waals surface area contributed by atoms with Crippen LogP contribution >= 0.6 is 0 Å². The summed E-state index contributed by atoms with van der Waals surface area (Å²) >= 11 is 0. The predicted molar refractivity (Wildman–Crippen MR) is 98.2 cm³/mol. The van der Waals surface area contributed by atoms with E-state index in [-0.39, 0.29) is 30.0 Å². The molecule has 140 valence electrons. The number of carbonyl (C=O) groups is 1. The molecule has 0 aliphatic carbocycles. The van der Waals surface area contributed by atoms with Gasteiger partial charge in [-0.05, 0) is 31.5 Å². The fourth-order valence-corrected chi connectivity index (χ4v) is 4.91. The Labute approximate surface area is 150 Å². The van der Waals surface area contributed by atoms with Crippen molar-refractivity contribution in [2.24, 2.45) is 0 Å². The third-order valence-electron chi connectivity index (χ3n) is 4.61. The van der Waals surface area contributed by atoms with Crippen molar-refractivity contribution in [3.63, 3.8) is 0 Å². The second-order valence-electron chi connectivity index (χ2n) is 6.74. The second kappa shape index (κ2) is 8.78. The molecular weight excluding hydrogens is 340 g/mol. The van der Waals surface area contributed by atoms with Crippen molar-refractivity contribution >= 4 is 15.7 Å². The zero-order valence-electron chi connectivity index (χ0n) is 15.3. The first-order valence-corrected chi connectivity index (χ1v) is 10.4. The summed E-state index contributed by atoms with van der Waals surface area (Å²) in [6, 6.07) is 7.87. The van der Waals surface area contributed by atoms with E-state index in [0.717, 1.165) is 0 Å². The highest BCUT2D eigenvalue weighted by Gasteiger charge is 2.34. The smallest absolute Gasteiger partial charge is 0.237 e. The van der Waals surface area contributed by atoms with Crippen LogP contribution < -0.4 is 0 Å². The average molecular weight is 368 g/mol. The molecule has 25 heavy (non-hydrogen) atoms. The Morgan fingerprint density at radius 3 is 2.64 bits per heavy atom. The first kappa shape index (κ1) is 19.9. The average Bonchev–Trinajstić information content (AvgIpc) is 2.89. The lowest BCUT2D eigenvalue weighted by Gasteiger charge is -2.30. The summed E-state index contributed by atoms with van der Waals surface area (Å²) in [4.78, 5) is 16.4. The summed E-state index contributed by atoms with van der Waals surface area (Å²) in [6.45, 7) is 3.82. The molecule has 0 saturated carbocycles. The lowest BCUT2D eigenvalue weighted by Crippen LogP contribution is -2.47. The number of benzene rings is 1. The van der Waals surface area contributed by atoms with Crippen LogP contribution in [0, 0.1) is 6.92 Å². The van der Waals surface area contributed by atoms with Gasteiger partial charge in [0.05, 0.1) is 24.7 Å². The summed E-state index contributed by atoms with van der Waals surface area (Å²) in [7, 11) is 0.459. The number of ether oxygens (including phenoxy) is 1. The van der Waals surface area contributed by atoms with Gasteiger partial charge in [0.1, 0.15) is 0 Å². The summed E-state index contributed by atoms with van der Waals surface area (Å²) in [5.74, 6) is 0.174. The molecule has 1 saturated heterocycles. The molecule has 0 aromatic heterocycles. The van der Waals surface area contributed by atoms with Crippen LogP contribution in [0.4, 0.5) is 0 Å². The minimum absolute atomic E-state index is 0.0461. The van der Waals surface area contributed by atoms with E-state index in [1.165, 1.54) is 11.1 Å². The zero-order valence-corrected chi connectivity index (χ0v) is 16.1. The van der Waals surface area contributed by atoms with Crippen LogP contribution in [0.3, 0.4) is 0 Å². The molecular formula is C18H28N2O4S. The molecule has 1 aliphatic rings. The molecule has 1 atom stereocenters. The van der Waals surface area contributed by atoms with Crippen LogP contribution in [0.2, 0.25) is 0 Å². The van der Waals surface area contributed by atoms with Gasteiger partial charge in [-0.3, -0.25) is 9.69 Å². The van der Waals surface area contributed by atoms with Crippen molar-refractivity contribution in [3.8, 4) is 0 Å². The van der Waals surface area contributed by atoms with Crippen LogP contribution in [0.5, 0.6) is 0 Å². The van der Waals surface area contributed by atoms with E-state index in [0.29, 0.717) is 26.1 Å². The molecule has 1 aromatic carbocycles. The van der Waals surface area contributed by atoms with Crippen molar-refractivity contribution in [2.75, 3.05) is 45.4 Å². The van der Waals surface area contributed by atoms with Gasteiger partial charge in [0, 0.05) is 26.2 Å². The van der Waals surface area contributed by atoms with Gasteiger partial charge >= 0.3 is 0 Å². The number of amides is 1. The number of hydrogen-bond acceptors (Lipinski definition) is 5. The molecule has 0 radical (unpaired) electrons. The topological polar surface area (TPSA) is 66.9 Å². The molecule has 1 fully saturated rings. The maximum atomic E-state index is 12.8. The van der Waals surface area contributed by atoms with Gasteiger partial charge in [0.25, 0.3) is 0 Å². The molecule has 0 spiro atoms. The summed E-state index contributed by atoms with van der Waals surface area (Å²) < 4.78 is 28.6. The van der Waals surface area contributed by atoms with E-state index in [1.807, 2.05) is 24.1 Å². The Morgan fingerprint density at radius 2 is 2.04 bits per heavy atom. The Hall–Kier alpha value is -1.44. The van der Waals surface area contributed by atoms with Crippen molar-refractivity contribution in [1.29, 1.82) is 0 Å². The van der Waals surface area contributed by atoms with Crippen LogP contribution in [0.25, 0.3) is 0 Å². The first-order chi connectivity index (χ1) is 11.8. The van der Waals surface area contributed by atoms with E-state index < -0.39 is 9.84 Å². The fraction of sp³-hybridized carbons (Fsp3) is 0.611. The van der Waals surface area contributed by atoms with Crippen molar-refractivity contribution in [2.45, 2.75) is 25.9 Å². The quantitative estimate of drug-likeness (QED) is 0.687. The number of carbonyl (C=O) groups excluding carboxylic acids is 1. The van der Waals surface area contributed by atoms with E-state index in [1.54, 1.807) is 12.0 Å². The molecule has 1 aliphatic heterocycles. The van der Waals surface area contributed by atoms with Crippen LogP contribution in [0.15, 0.2) is 24.3 Å². The maximum Gasteiger partial charge on any atom is 0.237 e. The van der Waals surface area contributed by atoms with E-state index in [2.05, 4.69) is 19.1 Å². The van der Waals surface area contributed by atoms with Crippen LogP contribution in [-0.4, -0.2) is 75.5 Å². The Morgan fingerprint density at radius 1 is 1.32 bits per heavy atom. The van der Waals surface area contributed by atoms with Crippen molar-refractivity contribution in [3.05, 3.63) is 35.4 Å². The molecule has 0 N–H and O–H groups in total. The van der Waals surface area contributed by atoms with Crippen LogP contribution in [-0.2, 0) is 25.9 Å². The summed E-state index contributed by atoms with van der Waals surface area (Å²) in [5.41, 5.74) is 2.38. The predicted octanol–water partition coefficient (Wildman–Crippen LogP) is 1.09. The number of sulfone groups is 1. The Bertz CT molecular complexity index is 690. The monoisotopic (exact) mass is 368 g/mol. The lowest BCUT2D eigenvalue weighted by molar-refractivity contribution is -0.134. The normalized spacial score (nSPS) is 19.3. The standard InChI is InChI=1S/C18H28N2O4S/c1-15-6-4-5-7-16(15)12-19(2)13-18(21)20(9-10-24-3)17-8-11-25(22,23)14-17/h4-7,17H,8-14H2,1-3H3. The number of aryl methyl sites for hydroxylation is 1. The highest BCUT2D eigenvalue weighted by molar-refractivity contribution is 7.91. The van der Waals surface area contributed by atoms with E-state index in [9.17, 15) is 13.2 Å². The number of likely N-dealkylation sites (N-methyl/N-ethyl adjacent to an activating group) is 1. The largest absolute Gasteiger partial charge is 0.383 e. The van der Waals surface area contributed by atoms with Gasteiger partial charge in [0.15, 0.2) is 9.84 Å². The summed E-state index contributed by atoms with van der Waals surface area (Å²) in [5, 5.41) is 0. The van der Waals surface area contributed by atoms with E-state index >= 15 is 0 Å². The van der Waals surface area contributed by atoms with Crippen molar-refractivity contribution in [1.82, 2.24) is 9.80 Å². The molecule has 0 bridgehead atoms. The lowest BCUT2D eigenvalue weighted by atomic mass is 10.1.